The van der Waals surface area contributed by atoms with Gasteiger partial charge in [0.25, 0.3) is 0 Å². The fraction of sp³-hybridized carbons (Fsp3) is 0.625. The summed E-state index contributed by atoms with van der Waals surface area (Å²) < 4.78 is 37.9. The van der Waals surface area contributed by atoms with Crippen LogP contribution in [0, 0.1) is 5.41 Å². The van der Waals surface area contributed by atoms with Crippen molar-refractivity contribution in [3.05, 3.63) is 35.4 Å². The lowest BCUT2D eigenvalue weighted by molar-refractivity contribution is -0.137. The molecule has 0 aliphatic heterocycles. The predicted molar refractivity (Wildman–Crippen MR) is 74.3 cm³/mol. The Morgan fingerprint density at radius 3 is 2.50 bits per heavy atom. The minimum atomic E-state index is -4.26. The molecule has 1 N–H and O–H groups in total. The van der Waals surface area contributed by atoms with Crippen LogP contribution in [0.5, 0.6) is 0 Å². The van der Waals surface area contributed by atoms with Crippen molar-refractivity contribution in [2.45, 2.75) is 51.7 Å². The zero-order chi connectivity index (χ0) is 14.6. The lowest BCUT2D eigenvalue weighted by atomic mass is 9.83. The molecule has 0 radical (unpaired) electrons. The third-order valence-corrected chi connectivity index (χ3v) is 4.50. The minimum absolute atomic E-state index is 0.363. The normalized spacial score (nSPS) is 18.4. The Morgan fingerprint density at radius 2 is 1.90 bits per heavy atom. The standard InChI is InChI=1S/C16H22F3N/c1-2-15(8-3-4-9-15)12-20-11-13-6-5-7-14(10-13)16(17,18)19/h5-7,10,20H,2-4,8-9,11-12H2,1H3. The third kappa shape index (κ3) is 3.75. The van der Waals surface area contributed by atoms with E-state index in [4.69, 9.17) is 0 Å². The van der Waals surface area contributed by atoms with Gasteiger partial charge in [-0.3, -0.25) is 0 Å². The van der Waals surface area contributed by atoms with Gasteiger partial charge in [-0.15, -0.1) is 0 Å². The van der Waals surface area contributed by atoms with Crippen LogP contribution in [0.2, 0.25) is 0 Å². The Balaban J connectivity index is 1.91. The van der Waals surface area contributed by atoms with Gasteiger partial charge < -0.3 is 5.32 Å². The van der Waals surface area contributed by atoms with E-state index in [0.29, 0.717) is 17.5 Å². The summed E-state index contributed by atoms with van der Waals surface area (Å²) in [7, 11) is 0. The molecule has 1 aliphatic carbocycles. The molecule has 20 heavy (non-hydrogen) atoms. The number of halogens is 3. The van der Waals surface area contributed by atoms with Crippen molar-refractivity contribution in [3.8, 4) is 0 Å². The van der Waals surface area contributed by atoms with Gasteiger partial charge in [0.1, 0.15) is 0 Å². The number of alkyl halides is 3. The van der Waals surface area contributed by atoms with Crippen LogP contribution in [0.1, 0.15) is 50.2 Å². The van der Waals surface area contributed by atoms with E-state index in [1.54, 1.807) is 6.07 Å². The molecule has 4 heteroatoms. The third-order valence-electron chi connectivity index (χ3n) is 4.50. The van der Waals surface area contributed by atoms with Gasteiger partial charge in [-0.25, -0.2) is 0 Å². The molecule has 1 saturated carbocycles. The average Bonchev–Trinajstić information content (AvgIpc) is 2.88. The topological polar surface area (TPSA) is 12.0 Å². The van der Waals surface area contributed by atoms with Gasteiger partial charge in [0.05, 0.1) is 5.56 Å². The van der Waals surface area contributed by atoms with Gasteiger partial charge in [0, 0.05) is 13.1 Å². The fourth-order valence-electron chi connectivity index (χ4n) is 3.11. The Morgan fingerprint density at radius 1 is 1.20 bits per heavy atom. The van der Waals surface area contributed by atoms with Crippen molar-refractivity contribution >= 4 is 0 Å². The van der Waals surface area contributed by atoms with E-state index in [1.807, 2.05) is 0 Å². The highest BCUT2D eigenvalue weighted by molar-refractivity contribution is 5.25. The molecule has 112 valence electrons. The highest BCUT2D eigenvalue weighted by Gasteiger charge is 2.32. The van der Waals surface area contributed by atoms with E-state index in [0.717, 1.165) is 19.0 Å². The molecule has 1 fully saturated rings. The fourth-order valence-corrected chi connectivity index (χ4v) is 3.11. The first-order valence-corrected chi connectivity index (χ1v) is 7.32. The van der Waals surface area contributed by atoms with E-state index in [-0.39, 0.29) is 0 Å². The maximum atomic E-state index is 12.6. The van der Waals surface area contributed by atoms with Gasteiger partial charge in [-0.1, -0.05) is 38.0 Å². The van der Waals surface area contributed by atoms with Crippen LogP contribution in [0.4, 0.5) is 13.2 Å². The molecule has 0 saturated heterocycles. The molecule has 1 aromatic carbocycles. The van der Waals surface area contributed by atoms with E-state index in [2.05, 4.69) is 12.2 Å². The predicted octanol–water partition coefficient (Wildman–Crippen LogP) is 4.77. The van der Waals surface area contributed by atoms with Gasteiger partial charge >= 0.3 is 6.18 Å². The second kappa shape index (κ2) is 6.17. The Labute approximate surface area is 118 Å². The first-order valence-electron chi connectivity index (χ1n) is 7.32. The molecule has 0 bridgehead atoms. The number of benzene rings is 1. The van der Waals surface area contributed by atoms with Gasteiger partial charge in [-0.05, 0) is 36.3 Å². The van der Waals surface area contributed by atoms with E-state index >= 15 is 0 Å². The van der Waals surface area contributed by atoms with Crippen LogP contribution >= 0.6 is 0 Å². The quantitative estimate of drug-likeness (QED) is 0.822. The summed E-state index contributed by atoms with van der Waals surface area (Å²) >= 11 is 0. The molecule has 2 rings (SSSR count). The molecule has 0 unspecified atom stereocenters. The second-order valence-corrected chi connectivity index (χ2v) is 5.86. The van der Waals surface area contributed by atoms with Crippen molar-refractivity contribution < 1.29 is 13.2 Å². The maximum Gasteiger partial charge on any atom is 0.416 e. The van der Waals surface area contributed by atoms with Crippen molar-refractivity contribution in [3.63, 3.8) is 0 Å². The zero-order valence-electron chi connectivity index (χ0n) is 11.9. The molecular weight excluding hydrogens is 263 g/mol. The Hall–Kier alpha value is -1.03. The number of rotatable bonds is 5. The first-order chi connectivity index (χ1) is 9.45. The lowest BCUT2D eigenvalue weighted by Gasteiger charge is -2.27. The summed E-state index contributed by atoms with van der Waals surface area (Å²) in [5.41, 5.74) is 0.494. The molecular formula is C16H22F3N. The van der Waals surface area contributed by atoms with Crippen molar-refractivity contribution in [1.82, 2.24) is 5.32 Å². The molecule has 0 atom stereocenters. The van der Waals surface area contributed by atoms with Crippen molar-refractivity contribution in [2.24, 2.45) is 5.41 Å². The summed E-state index contributed by atoms with van der Waals surface area (Å²) in [6.07, 6.45) is 1.91. The first kappa shape index (κ1) is 15.4. The Bertz CT molecular complexity index is 434. The molecule has 1 nitrogen and oxygen atoms in total. The van der Waals surface area contributed by atoms with E-state index < -0.39 is 11.7 Å². The highest BCUT2D eigenvalue weighted by Crippen LogP contribution is 2.40. The van der Waals surface area contributed by atoms with Crippen molar-refractivity contribution in [2.75, 3.05) is 6.54 Å². The average molecular weight is 285 g/mol. The van der Waals surface area contributed by atoms with E-state index in [9.17, 15) is 13.2 Å². The zero-order valence-corrected chi connectivity index (χ0v) is 11.9. The Kier molecular flexibility index (Phi) is 4.74. The van der Waals surface area contributed by atoms with Crippen LogP contribution in [-0.2, 0) is 12.7 Å². The van der Waals surface area contributed by atoms with Gasteiger partial charge in [0.15, 0.2) is 0 Å². The SMILES string of the molecule is CCC1(CNCc2cccc(C(F)(F)F)c2)CCCC1. The van der Waals surface area contributed by atoms with Gasteiger partial charge in [-0.2, -0.15) is 13.2 Å². The van der Waals surface area contributed by atoms with Gasteiger partial charge in [0.2, 0.25) is 0 Å². The van der Waals surface area contributed by atoms with Crippen LogP contribution in [-0.4, -0.2) is 6.54 Å². The molecule has 1 aliphatic rings. The number of hydrogen-bond donors (Lipinski definition) is 1. The molecule has 0 amide bonds. The van der Waals surface area contributed by atoms with Crippen LogP contribution in [0.15, 0.2) is 24.3 Å². The molecule has 0 aromatic heterocycles. The largest absolute Gasteiger partial charge is 0.416 e. The summed E-state index contributed by atoms with van der Waals surface area (Å²) in [6.45, 7) is 3.61. The molecule has 1 aromatic rings. The monoisotopic (exact) mass is 285 g/mol. The minimum Gasteiger partial charge on any atom is -0.312 e. The highest BCUT2D eigenvalue weighted by atomic mass is 19.4. The lowest BCUT2D eigenvalue weighted by Crippen LogP contribution is -2.31. The van der Waals surface area contributed by atoms with E-state index in [1.165, 1.54) is 37.8 Å². The van der Waals surface area contributed by atoms with Crippen LogP contribution < -0.4 is 5.32 Å². The summed E-state index contributed by atoms with van der Waals surface area (Å²) in [5, 5.41) is 3.35. The van der Waals surface area contributed by atoms with Crippen LogP contribution in [0.3, 0.4) is 0 Å². The number of hydrogen-bond acceptors (Lipinski definition) is 1. The summed E-state index contributed by atoms with van der Waals surface area (Å²) in [4.78, 5) is 0. The maximum absolute atomic E-state index is 12.6. The number of nitrogens with one attached hydrogen (secondary N) is 1. The summed E-state index contributed by atoms with van der Waals surface area (Å²) in [5.74, 6) is 0. The summed E-state index contributed by atoms with van der Waals surface area (Å²) in [6, 6.07) is 5.58. The van der Waals surface area contributed by atoms with Crippen molar-refractivity contribution in [1.29, 1.82) is 0 Å². The smallest absolute Gasteiger partial charge is 0.312 e. The molecule has 0 spiro atoms. The second-order valence-electron chi connectivity index (χ2n) is 5.86. The molecule has 0 heterocycles. The van der Waals surface area contributed by atoms with Crippen LogP contribution in [0.25, 0.3) is 0 Å².